The molecule has 5 nitrogen and oxygen atoms in total. The summed E-state index contributed by atoms with van der Waals surface area (Å²) >= 11 is 5.89. The normalized spacial score (nSPS) is 10.6. The molecule has 0 atom stereocenters. The number of pyridine rings is 1. The third-order valence-electron chi connectivity index (χ3n) is 4.53. The first-order valence-electron chi connectivity index (χ1n) is 9.35. The number of carbonyl (C=O) groups is 2. The summed E-state index contributed by atoms with van der Waals surface area (Å²) in [6.45, 7) is -0.164. The summed E-state index contributed by atoms with van der Waals surface area (Å²) in [5.41, 5.74) is 2.62. The van der Waals surface area contributed by atoms with Gasteiger partial charge < -0.3 is 10.0 Å². The van der Waals surface area contributed by atoms with Gasteiger partial charge in [-0.25, -0.2) is 4.39 Å². The number of nitrogens with zero attached hydrogens (tertiary/aromatic N) is 2. The van der Waals surface area contributed by atoms with Crippen LogP contribution in [0.2, 0.25) is 5.02 Å². The van der Waals surface area contributed by atoms with Gasteiger partial charge in [0.2, 0.25) is 0 Å². The maximum atomic E-state index is 13.4. The van der Waals surface area contributed by atoms with Gasteiger partial charge in [-0.1, -0.05) is 35.9 Å². The summed E-state index contributed by atoms with van der Waals surface area (Å²) in [6, 6.07) is 16.5. The number of rotatable bonds is 8. The lowest BCUT2D eigenvalue weighted by Crippen LogP contribution is -2.37. The Labute approximate surface area is 178 Å². The molecule has 1 heterocycles. The van der Waals surface area contributed by atoms with Crippen molar-refractivity contribution in [2.24, 2.45) is 0 Å². The zero-order valence-corrected chi connectivity index (χ0v) is 16.8. The molecule has 0 bridgehead atoms. The molecule has 3 rings (SSSR count). The molecule has 3 aromatic rings. The fourth-order valence-electron chi connectivity index (χ4n) is 3.08. The van der Waals surface area contributed by atoms with E-state index in [-0.39, 0.29) is 12.4 Å². The largest absolute Gasteiger partial charge is 0.480 e. The highest BCUT2D eigenvalue weighted by Gasteiger charge is 2.19. The van der Waals surface area contributed by atoms with E-state index in [1.807, 2.05) is 12.1 Å². The monoisotopic (exact) mass is 426 g/mol. The third kappa shape index (κ3) is 6.12. The molecule has 0 spiro atoms. The summed E-state index contributed by atoms with van der Waals surface area (Å²) in [7, 11) is 0. The highest BCUT2D eigenvalue weighted by atomic mass is 35.5. The third-order valence-corrected chi connectivity index (χ3v) is 4.79. The van der Waals surface area contributed by atoms with Crippen molar-refractivity contribution in [3.63, 3.8) is 0 Å². The molecule has 0 aliphatic carbocycles. The standard InChI is InChI=1S/C23H20ClFN2O3/c24-19-6-4-16(5-7-19)9-11-27(15-22(28)29)23(30)18-8-10-26-21(14-18)13-17-2-1-3-20(25)12-17/h1-8,10,12,14H,9,11,13,15H2,(H,28,29). The van der Waals surface area contributed by atoms with Crippen LogP contribution >= 0.6 is 11.6 Å². The molecule has 0 radical (unpaired) electrons. The Hall–Kier alpha value is -3.25. The molecule has 0 aliphatic heterocycles. The number of hydrogen-bond donors (Lipinski definition) is 1. The Kier molecular flexibility index (Phi) is 7.14. The number of aromatic nitrogens is 1. The zero-order chi connectivity index (χ0) is 21.5. The number of benzene rings is 2. The molecule has 1 N–H and O–H groups in total. The lowest BCUT2D eigenvalue weighted by atomic mass is 10.1. The minimum absolute atomic E-state index is 0.244. The Morgan fingerprint density at radius 1 is 1.03 bits per heavy atom. The van der Waals surface area contributed by atoms with Gasteiger partial charge in [0.05, 0.1) is 0 Å². The van der Waals surface area contributed by atoms with Gasteiger partial charge in [0, 0.05) is 35.4 Å². The van der Waals surface area contributed by atoms with Crippen LogP contribution < -0.4 is 0 Å². The van der Waals surface area contributed by atoms with E-state index in [4.69, 9.17) is 11.6 Å². The molecule has 0 unspecified atom stereocenters. The van der Waals surface area contributed by atoms with E-state index in [2.05, 4.69) is 4.98 Å². The zero-order valence-electron chi connectivity index (χ0n) is 16.1. The van der Waals surface area contributed by atoms with E-state index in [0.29, 0.717) is 29.1 Å². The molecule has 0 saturated carbocycles. The van der Waals surface area contributed by atoms with Crippen molar-refractivity contribution in [2.45, 2.75) is 12.8 Å². The second-order valence-electron chi connectivity index (χ2n) is 6.84. The lowest BCUT2D eigenvalue weighted by molar-refractivity contribution is -0.137. The molecule has 0 aliphatic rings. The van der Waals surface area contributed by atoms with Crippen molar-refractivity contribution < 1.29 is 19.1 Å². The minimum Gasteiger partial charge on any atom is -0.480 e. The van der Waals surface area contributed by atoms with Crippen molar-refractivity contribution in [3.8, 4) is 0 Å². The van der Waals surface area contributed by atoms with Gasteiger partial charge in [-0.05, 0) is 53.9 Å². The first-order valence-corrected chi connectivity index (χ1v) is 9.73. The van der Waals surface area contributed by atoms with Crippen molar-refractivity contribution in [3.05, 3.63) is 100 Å². The second-order valence-corrected chi connectivity index (χ2v) is 7.28. The fourth-order valence-corrected chi connectivity index (χ4v) is 3.20. The highest BCUT2D eigenvalue weighted by molar-refractivity contribution is 6.30. The van der Waals surface area contributed by atoms with E-state index in [1.54, 1.807) is 36.4 Å². The van der Waals surface area contributed by atoms with Crippen LogP contribution in [0.25, 0.3) is 0 Å². The van der Waals surface area contributed by atoms with Crippen LogP contribution in [-0.2, 0) is 17.6 Å². The van der Waals surface area contributed by atoms with Crippen LogP contribution in [0.1, 0.15) is 27.2 Å². The number of hydrogen-bond acceptors (Lipinski definition) is 3. The summed E-state index contributed by atoms with van der Waals surface area (Å²) in [6.07, 6.45) is 2.36. The Bertz CT molecular complexity index is 1040. The quantitative estimate of drug-likeness (QED) is 0.585. The summed E-state index contributed by atoms with van der Waals surface area (Å²) in [5, 5.41) is 9.84. The van der Waals surface area contributed by atoms with Crippen molar-refractivity contribution in [1.82, 2.24) is 9.88 Å². The second kappa shape index (κ2) is 9.98. The van der Waals surface area contributed by atoms with Crippen LogP contribution in [0.5, 0.6) is 0 Å². The topological polar surface area (TPSA) is 70.5 Å². The van der Waals surface area contributed by atoms with E-state index >= 15 is 0 Å². The molecule has 0 fully saturated rings. The van der Waals surface area contributed by atoms with Gasteiger partial charge in [0.1, 0.15) is 12.4 Å². The predicted octanol–water partition coefficient (Wildman–Crippen LogP) is 4.23. The molecule has 0 saturated heterocycles. The Morgan fingerprint density at radius 2 is 1.80 bits per heavy atom. The van der Waals surface area contributed by atoms with E-state index in [1.165, 1.54) is 23.2 Å². The number of aliphatic carboxylic acids is 1. The van der Waals surface area contributed by atoms with Crippen molar-refractivity contribution in [1.29, 1.82) is 0 Å². The number of halogens is 2. The van der Waals surface area contributed by atoms with Crippen LogP contribution in [0.4, 0.5) is 4.39 Å². The van der Waals surface area contributed by atoms with Crippen LogP contribution in [0, 0.1) is 5.82 Å². The molecule has 1 aromatic heterocycles. The first-order chi connectivity index (χ1) is 14.4. The van der Waals surface area contributed by atoms with Crippen LogP contribution in [-0.4, -0.2) is 40.0 Å². The first kappa shape index (κ1) is 21.5. The number of carboxylic acid groups (broad SMARTS) is 1. The number of carboxylic acids is 1. The Balaban J connectivity index is 1.74. The molecule has 7 heteroatoms. The van der Waals surface area contributed by atoms with E-state index < -0.39 is 18.4 Å². The molecular weight excluding hydrogens is 407 g/mol. The summed E-state index contributed by atoms with van der Waals surface area (Å²) in [5.74, 6) is -1.82. The fraction of sp³-hybridized carbons (Fsp3) is 0.174. The molecule has 2 aromatic carbocycles. The maximum absolute atomic E-state index is 13.4. The predicted molar refractivity (Wildman–Crippen MR) is 112 cm³/mol. The van der Waals surface area contributed by atoms with Gasteiger partial charge in [0.15, 0.2) is 0 Å². The number of carbonyl (C=O) groups excluding carboxylic acids is 1. The van der Waals surface area contributed by atoms with Gasteiger partial charge in [-0.3, -0.25) is 14.6 Å². The average Bonchev–Trinajstić information content (AvgIpc) is 2.72. The smallest absolute Gasteiger partial charge is 0.323 e. The Morgan fingerprint density at radius 3 is 2.50 bits per heavy atom. The molecular formula is C23H20ClFN2O3. The molecule has 30 heavy (non-hydrogen) atoms. The van der Waals surface area contributed by atoms with E-state index in [0.717, 1.165) is 11.1 Å². The highest BCUT2D eigenvalue weighted by Crippen LogP contribution is 2.14. The van der Waals surface area contributed by atoms with Crippen LogP contribution in [0.15, 0.2) is 66.9 Å². The molecule has 154 valence electrons. The average molecular weight is 427 g/mol. The SMILES string of the molecule is O=C(O)CN(CCc1ccc(Cl)cc1)C(=O)c1ccnc(Cc2cccc(F)c2)c1. The van der Waals surface area contributed by atoms with E-state index in [9.17, 15) is 19.1 Å². The maximum Gasteiger partial charge on any atom is 0.323 e. The minimum atomic E-state index is -1.09. The van der Waals surface area contributed by atoms with Gasteiger partial charge >= 0.3 is 5.97 Å². The van der Waals surface area contributed by atoms with Crippen molar-refractivity contribution >= 4 is 23.5 Å². The van der Waals surface area contributed by atoms with Gasteiger partial charge in [-0.15, -0.1) is 0 Å². The van der Waals surface area contributed by atoms with Gasteiger partial charge in [0.25, 0.3) is 5.91 Å². The summed E-state index contributed by atoms with van der Waals surface area (Å²) < 4.78 is 13.4. The van der Waals surface area contributed by atoms with Crippen molar-refractivity contribution in [2.75, 3.05) is 13.1 Å². The lowest BCUT2D eigenvalue weighted by Gasteiger charge is -2.21. The number of amides is 1. The summed E-state index contributed by atoms with van der Waals surface area (Å²) in [4.78, 5) is 29.8. The van der Waals surface area contributed by atoms with Crippen LogP contribution in [0.3, 0.4) is 0 Å². The molecule has 1 amide bonds. The van der Waals surface area contributed by atoms with Gasteiger partial charge in [-0.2, -0.15) is 0 Å².